The Balaban J connectivity index is 2.01. The third-order valence-electron chi connectivity index (χ3n) is 3.38. The molecule has 7 heteroatoms. The number of hydrogen-bond acceptors (Lipinski definition) is 6. The van der Waals surface area contributed by atoms with Gasteiger partial charge in [0.2, 0.25) is 11.9 Å². The zero-order valence-corrected chi connectivity index (χ0v) is 15.1. The lowest BCUT2D eigenvalue weighted by Crippen LogP contribution is -2.40. The standard InChI is InChI=1S/C17H23N5OS/c1-12-10-13(2)21-17(20-12)22-15(7-9-24-3)16(23)19-11-14-6-4-5-8-18-14/h4-6,8,10,15H,7,9,11H2,1-3H3,(H,19,23)(H,20,21,22)/t15-/m1/s1. The molecule has 0 saturated heterocycles. The van der Waals surface area contributed by atoms with E-state index in [0.29, 0.717) is 18.9 Å². The molecule has 0 aliphatic carbocycles. The van der Waals surface area contributed by atoms with E-state index in [2.05, 4.69) is 25.6 Å². The summed E-state index contributed by atoms with van der Waals surface area (Å²) < 4.78 is 0. The van der Waals surface area contributed by atoms with Crippen LogP contribution in [0.4, 0.5) is 5.95 Å². The molecule has 0 unspecified atom stereocenters. The van der Waals surface area contributed by atoms with Crippen molar-refractivity contribution in [2.45, 2.75) is 32.9 Å². The number of pyridine rings is 1. The van der Waals surface area contributed by atoms with Crippen LogP contribution in [-0.4, -0.2) is 38.9 Å². The van der Waals surface area contributed by atoms with Crippen LogP contribution in [0.25, 0.3) is 0 Å². The summed E-state index contributed by atoms with van der Waals surface area (Å²) in [5, 5.41) is 6.09. The minimum absolute atomic E-state index is 0.0718. The summed E-state index contributed by atoms with van der Waals surface area (Å²) in [6.45, 7) is 4.24. The molecule has 2 aromatic heterocycles. The first-order valence-corrected chi connectivity index (χ1v) is 9.23. The lowest BCUT2D eigenvalue weighted by Gasteiger charge is -2.18. The number of carbonyl (C=O) groups excluding carboxylic acids is 1. The van der Waals surface area contributed by atoms with E-state index in [1.807, 2.05) is 44.4 Å². The van der Waals surface area contributed by atoms with Gasteiger partial charge in [-0.3, -0.25) is 9.78 Å². The van der Waals surface area contributed by atoms with Crippen molar-refractivity contribution in [1.29, 1.82) is 0 Å². The van der Waals surface area contributed by atoms with Crippen LogP contribution < -0.4 is 10.6 Å². The number of carbonyl (C=O) groups is 1. The fourth-order valence-electron chi connectivity index (χ4n) is 2.25. The number of aryl methyl sites for hydroxylation is 2. The Morgan fingerprint density at radius 3 is 2.62 bits per heavy atom. The average Bonchev–Trinajstić information content (AvgIpc) is 2.56. The monoisotopic (exact) mass is 345 g/mol. The van der Waals surface area contributed by atoms with Crippen LogP contribution >= 0.6 is 11.8 Å². The SMILES string of the molecule is CSCC[C@@H](Nc1nc(C)cc(C)n1)C(=O)NCc1ccccn1. The van der Waals surface area contributed by atoms with Crippen LogP contribution in [0.5, 0.6) is 0 Å². The molecule has 0 aliphatic heterocycles. The van der Waals surface area contributed by atoms with Gasteiger partial charge in [0.05, 0.1) is 12.2 Å². The van der Waals surface area contributed by atoms with Crippen LogP contribution in [0.1, 0.15) is 23.5 Å². The van der Waals surface area contributed by atoms with Gasteiger partial charge in [-0.15, -0.1) is 0 Å². The first kappa shape index (κ1) is 18.2. The van der Waals surface area contributed by atoms with Gasteiger partial charge in [-0.1, -0.05) is 6.07 Å². The van der Waals surface area contributed by atoms with E-state index in [0.717, 1.165) is 22.8 Å². The Morgan fingerprint density at radius 2 is 2.00 bits per heavy atom. The first-order chi connectivity index (χ1) is 11.6. The predicted molar refractivity (Wildman–Crippen MR) is 98.0 cm³/mol. The van der Waals surface area contributed by atoms with Gasteiger partial charge in [0, 0.05) is 17.6 Å². The number of anilines is 1. The third kappa shape index (κ3) is 5.81. The lowest BCUT2D eigenvalue weighted by atomic mass is 10.2. The highest BCUT2D eigenvalue weighted by atomic mass is 32.2. The lowest BCUT2D eigenvalue weighted by molar-refractivity contribution is -0.122. The number of thioether (sulfide) groups is 1. The molecule has 0 radical (unpaired) electrons. The Hall–Kier alpha value is -2.15. The molecule has 0 aliphatic rings. The molecule has 0 aromatic carbocycles. The maximum absolute atomic E-state index is 12.5. The summed E-state index contributed by atoms with van der Waals surface area (Å²) in [4.78, 5) is 25.5. The van der Waals surface area contributed by atoms with Crippen molar-refractivity contribution >= 4 is 23.6 Å². The molecule has 1 atom stereocenters. The number of rotatable bonds is 8. The summed E-state index contributed by atoms with van der Waals surface area (Å²) in [5.74, 6) is 1.29. The largest absolute Gasteiger partial charge is 0.349 e. The average molecular weight is 345 g/mol. The highest BCUT2D eigenvalue weighted by Crippen LogP contribution is 2.09. The molecule has 2 aromatic rings. The molecule has 128 valence electrons. The van der Waals surface area contributed by atoms with Crippen molar-refractivity contribution in [2.24, 2.45) is 0 Å². The number of nitrogens with zero attached hydrogens (tertiary/aromatic N) is 3. The Morgan fingerprint density at radius 1 is 1.25 bits per heavy atom. The Kier molecular flexibility index (Phi) is 6.99. The van der Waals surface area contributed by atoms with E-state index < -0.39 is 0 Å². The van der Waals surface area contributed by atoms with Gasteiger partial charge in [-0.05, 0) is 50.5 Å². The fourth-order valence-corrected chi connectivity index (χ4v) is 2.73. The van der Waals surface area contributed by atoms with Crippen molar-refractivity contribution in [3.05, 3.63) is 47.5 Å². The van der Waals surface area contributed by atoms with Crippen LogP contribution in [0.3, 0.4) is 0 Å². The number of amides is 1. The van der Waals surface area contributed by atoms with Gasteiger partial charge >= 0.3 is 0 Å². The highest BCUT2D eigenvalue weighted by molar-refractivity contribution is 7.98. The summed E-state index contributed by atoms with van der Waals surface area (Å²) in [6, 6.07) is 7.18. The zero-order valence-electron chi connectivity index (χ0n) is 14.2. The van der Waals surface area contributed by atoms with Gasteiger partial charge < -0.3 is 10.6 Å². The van der Waals surface area contributed by atoms with E-state index >= 15 is 0 Å². The van der Waals surface area contributed by atoms with E-state index in [9.17, 15) is 4.79 Å². The summed E-state index contributed by atoms with van der Waals surface area (Å²) in [7, 11) is 0. The van der Waals surface area contributed by atoms with Crippen LogP contribution in [-0.2, 0) is 11.3 Å². The van der Waals surface area contributed by atoms with Crippen molar-refractivity contribution < 1.29 is 4.79 Å². The molecule has 2 heterocycles. The molecule has 6 nitrogen and oxygen atoms in total. The summed E-state index contributed by atoms with van der Waals surface area (Å²) in [6.07, 6.45) is 4.44. The molecular formula is C17H23N5OS. The van der Waals surface area contributed by atoms with Gasteiger partial charge in [0.15, 0.2) is 0 Å². The van der Waals surface area contributed by atoms with E-state index in [1.165, 1.54) is 0 Å². The minimum Gasteiger partial charge on any atom is -0.349 e. The van der Waals surface area contributed by atoms with Gasteiger partial charge in [-0.2, -0.15) is 11.8 Å². The topological polar surface area (TPSA) is 79.8 Å². The molecular weight excluding hydrogens is 322 g/mol. The maximum atomic E-state index is 12.5. The zero-order chi connectivity index (χ0) is 17.4. The summed E-state index contributed by atoms with van der Waals surface area (Å²) in [5.41, 5.74) is 2.59. The molecule has 2 rings (SSSR count). The van der Waals surface area contributed by atoms with E-state index in [1.54, 1.807) is 18.0 Å². The van der Waals surface area contributed by atoms with Crippen LogP contribution in [0, 0.1) is 13.8 Å². The third-order valence-corrected chi connectivity index (χ3v) is 4.03. The van der Waals surface area contributed by atoms with Gasteiger partial charge in [0.25, 0.3) is 0 Å². The summed E-state index contributed by atoms with van der Waals surface area (Å²) >= 11 is 1.71. The van der Waals surface area contributed by atoms with Crippen molar-refractivity contribution in [3.63, 3.8) is 0 Å². The molecule has 1 amide bonds. The molecule has 0 saturated carbocycles. The minimum atomic E-state index is -0.373. The van der Waals surface area contributed by atoms with Crippen LogP contribution in [0.15, 0.2) is 30.5 Å². The molecule has 0 spiro atoms. The molecule has 24 heavy (non-hydrogen) atoms. The number of hydrogen-bond donors (Lipinski definition) is 2. The number of aromatic nitrogens is 3. The van der Waals surface area contributed by atoms with Crippen molar-refractivity contribution in [1.82, 2.24) is 20.3 Å². The predicted octanol–water partition coefficient (Wildman–Crippen LogP) is 2.34. The first-order valence-electron chi connectivity index (χ1n) is 7.84. The van der Waals surface area contributed by atoms with E-state index in [4.69, 9.17) is 0 Å². The molecule has 0 bridgehead atoms. The van der Waals surface area contributed by atoms with Crippen LogP contribution in [0.2, 0.25) is 0 Å². The van der Waals surface area contributed by atoms with Gasteiger partial charge in [-0.25, -0.2) is 9.97 Å². The molecule has 2 N–H and O–H groups in total. The van der Waals surface area contributed by atoms with E-state index in [-0.39, 0.29) is 11.9 Å². The highest BCUT2D eigenvalue weighted by Gasteiger charge is 2.19. The normalized spacial score (nSPS) is 11.8. The quantitative estimate of drug-likeness (QED) is 0.764. The Labute approximate surface area is 146 Å². The second-order valence-electron chi connectivity index (χ2n) is 5.49. The Bertz CT molecular complexity index is 645. The van der Waals surface area contributed by atoms with Crippen molar-refractivity contribution in [3.8, 4) is 0 Å². The molecule has 0 fully saturated rings. The second kappa shape index (κ2) is 9.22. The smallest absolute Gasteiger partial charge is 0.242 e. The van der Waals surface area contributed by atoms with Crippen molar-refractivity contribution in [2.75, 3.05) is 17.3 Å². The second-order valence-corrected chi connectivity index (χ2v) is 6.48. The van der Waals surface area contributed by atoms with Gasteiger partial charge in [0.1, 0.15) is 6.04 Å². The number of nitrogens with one attached hydrogen (secondary N) is 2. The maximum Gasteiger partial charge on any atom is 0.242 e. The fraction of sp³-hybridized carbons (Fsp3) is 0.412.